The second kappa shape index (κ2) is 7.45. The van der Waals surface area contributed by atoms with E-state index in [2.05, 4.69) is 20.8 Å². The Morgan fingerprint density at radius 1 is 1.12 bits per heavy atom. The maximum absolute atomic E-state index is 13.3. The van der Waals surface area contributed by atoms with Crippen LogP contribution in [0.2, 0.25) is 0 Å². The van der Waals surface area contributed by atoms with E-state index < -0.39 is 0 Å². The number of aromatic nitrogens is 4. The van der Waals surface area contributed by atoms with E-state index in [1.165, 1.54) is 16.8 Å². The predicted molar refractivity (Wildman–Crippen MR) is 85.7 cm³/mol. The molecule has 3 aromatic rings. The second-order valence-corrected chi connectivity index (χ2v) is 5.25. The van der Waals surface area contributed by atoms with Gasteiger partial charge in [0.05, 0.1) is 12.2 Å². The number of nitrogens with zero attached hydrogens (tertiary/aromatic N) is 4. The van der Waals surface area contributed by atoms with Crippen LogP contribution in [-0.2, 0) is 17.8 Å². The standard InChI is InChI=1S/C17H16FN5O/c18-14-7-4-8-15(11-14)23-16(20-21-22-23)12-19-17(24)10-9-13-5-2-1-3-6-13/h1-8,11H,9-10,12H2,(H,19,24). The number of carbonyl (C=O) groups excluding carboxylic acids is 1. The zero-order valence-corrected chi connectivity index (χ0v) is 12.9. The Kier molecular flexibility index (Phi) is 4.90. The Hall–Kier alpha value is -3.09. The number of rotatable bonds is 6. The van der Waals surface area contributed by atoms with Crippen LogP contribution in [-0.4, -0.2) is 26.1 Å². The molecule has 0 aliphatic heterocycles. The molecule has 2 aromatic carbocycles. The molecule has 0 unspecified atom stereocenters. The molecule has 0 spiro atoms. The fourth-order valence-electron chi connectivity index (χ4n) is 2.29. The van der Waals surface area contributed by atoms with Crippen molar-refractivity contribution < 1.29 is 9.18 Å². The van der Waals surface area contributed by atoms with Crippen molar-refractivity contribution in [3.05, 3.63) is 71.8 Å². The molecule has 24 heavy (non-hydrogen) atoms. The third-order valence-electron chi connectivity index (χ3n) is 3.51. The fourth-order valence-corrected chi connectivity index (χ4v) is 2.29. The highest BCUT2D eigenvalue weighted by atomic mass is 19.1. The number of halogens is 1. The van der Waals surface area contributed by atoms with Gasteiger partial charge in [0.1, 0.15) is 5.82 Å². The number of carbonyl (C=O) groups is 1. The van der Waals surface area contributed by atoms with Gasteiger partial charge in [-0.25, -0.2) is 4.39 Å². The molecular formula is C17H16FN5O. The van der Waals surface area contributed by atoms with Gasteiger partial charge in [-0.05, 0) is 40.6 Å². The van der Waals surface area contributed by atoms with Crippen LogP contribution in [0.1, 0.15) is 17.8 Å². The third-order valence-corrected chi connectivity index (χ3v) is 3.51. The molecule has 3 rings (SSSR count). The van der Waals surface area contributed by atoms with Crippen LogP contribution in [0.4, 0.5) is 4.39 Å². The summed E-state index contributed by atoms with van der Waals surface area (Å²) in [5, 5.41) is 14.1. The van der Waals surface area contributed by atoms with Crippen LogP contribution in [0.15, 0.2) is 54.6 Å². The lowest BCUT2D eigenvalue weighted by Gasteiger charge is -2.06. The van der Waals surface area contributed by atoms with Gasteiger partial charge in [0, 0.05) is 6.42 Å². The van der Waals surface area contributed by atoms with Crippen LogP contribution in [0.5, 0.6) is 0 Å². The topological polar surface area (TPSA) is 72.7 Å². The van der Waals surface area contributed by atoms with Gasteiger partial charge in [0.2, 0.25) is 5.91 Å². The van der Waals surface area contributed by atoms with E-state index in [1.54, 1.807) is 12.1 Å². The average molecular weight is 325 g/mol. The lowest BCUT2D eigenvalue weighted by Crippen LogP contribution is -2.25. The van der Waals surface area contributed by atoms with Crippen LogP contribution in [0.3, 0.4) is 0 Å². The van der Waals surface area contributed by atoms with Crippen molar-refractivity contribution >= 4 is 5.91 Å². The Bertz CT molecular complexity index is 819. The van der Waals surface area contributed by atoms with Gasteiger partial charge in [-0.3, -0.25) is 4.79 Å². The van der Waals surface area contributed by atoms with Crippen LogP contribution in [0.25, 0.3) is 5.69 Å². The molecule has 122 valence electrons. The molecule has 0 aliphatic rings. The number of amides is 1. The molecule has 1 N–H and O–H groups in total. The zero-order valence-electron chi connectivity index (χ0n) is 12.9. The van der Waals surface area contributed by atoms with Crippen molar-refractivity contribution in [3.63, 3.8) is 0 Å². The molecule has 0 radical (unpaired) electrons. The first kappa shape index (κ1) is 15.8. The highest BCUT2D eigenvalue weighted by Crippen LogP contribution is 2.10. The Morgan fingerprint density at radius 2 is 1.96 bits per heavy atom. The molecule has 1 aromatic heterocycles. The van der Waals surface area contributed by atoms with Gasteiger partial charge >= 0.3 is 0 Å². The molecule has 0 fully saturated rings. The van der Waals surface area contributed by atoms with E-state index in [0.29, 0.717) is 24.4 Å². The summed E-state index contributed by atoms with van der Waals surface area (Å²) in [7, 11) is 0. The first-order valence-corrected chi connectivity index (χ1v) is 7.56. The zero-order chi connectivity index (χ0) is 16.8. The maximum atomic E-state index is 13.3. The first-order valence-electron chi connectivity index (χ1n) is 7.56. The number of hydrogen-bond donors (Lipinski definition) is 1. The summed E-state index contributed by atoms with van der Waals surface area (Å²) in [5.41, 5.74) is 1.62. The minimum absolute atomic E-state index is 0.0901. The highest BCUT2D eigenvalue weighted by Gasteiger charge is 2.10. The number of hydrogen-bond acceptors (Lipinski definition) is 4. The molecule has 0 bridgehead atoms. The Morgan fingerprint density at radius 3 is 2.75 bits per heavy atom. The smallest absolute Gasteiger partial charge is 0.220 e. The molecule has 1 amide bonds. The molecule has 0 aliphatic carbocycles. The quantitative estimate of drug-likeness (QED) is 0.753. The summed E-state index contributed by atoms with van der Waals surface area (Å²) >= 11 is 0. The third kappa shape index (κ3) is 4.01. The van der Waals surface area contributed by atoms with Crippen LogP contribution >= 0.6 is 0 Å². The van der Waals surface area contributed by atoms with Gasteiger partial charge < -0.3 is 5.32 Å². The molecule has 0 saturated heterocycles. The van der Waals surface area contributed by atoms with Crippen molar-refractivity contribution in [2.45, 2.75) is 19.4 Å². The summed E-state index contributed by atoms with van der Waals surface area (Å²) < 4.78 is 14.7. The van der Waals surface area contributed by atoms with Crippen molar-refractivity contribution in [2.75, 3.05) is 0 Å². The SMILES string of the molecule is O=C(CCc1ccccc1)NCc1nnnn1-c1cccc(F)c1. The number of tetrazole rings is 1. The fraction of sp³-hybridized carbons (Fsp3) is 0.176. The largest absolute Gasteiger partial charge is 0.349 e. The van der Waals surface area contributed by atoms with Gasteiger partial charge in [0.25, 0.3) is 0 Å². The van der Waals surface area contributed by atoms with Gasteiger partial charge in [-0.2, -0.15) is 4.68 Å². The Labute approximate surface area is 138 Å². The van der Waals surface area contributed by atoms with Crippen molar-refractivity contribution in [3.8, 4) is 5.69 Å². The van der Waals surface area contributed by atoms with E-state index >= 15 is 0 Å². The van der Waals surface area contributed by atoms with Crippen LogP contribution < -0.4 is 5.32 Å². The Balaban J connectivity index is 1.57. The van der Waals surface area contributed by atoms with Gasteiger partial charge in [-0.1, -0.05) is 36.4 Å². The molecule has 1 heterocycles. The van der Waals surface area contributed by atoms with E-state index in [4.69, 9.17) is 0 Å². The normalized spacial score (nSPS) is 10.5. The minimum atomic E-state index is -0.374. The molecule has 6 nitrogen and oxygen atoms in total. The highest BCUT2D eigenvalue weighted by molar-refractivity contribution is 5.76. The number of nitrogens with one attached hydrogen (secondary N) is 1. The monoisotopic (exact) mass is 325 g/mol. The van der Waals surface area contributed by atoms with Crippen molar-refractivity contribution in [1.29, 1.82) is 0 Å². The van der Waals surface area contributed by atoms with E-state index in [9.17, 15) is 9.18 Å². The average Bonchev–Trinajstić information content (AvgIpc) is 3.08. The number of aryl methyl sites for hydroxylation is 1. The molecule has 0 atom stereocenters. The summed E-state index contributed by atoms with van der Waals surface area (Å²) in [6.45, 7) is 0.178. The predicted octanol–water partition coefficient (Wildman–Crippen LogP) is 2.05. The summed E-state index contributed by atoms with van der Waals surface area (Å²) in [6, 6.07) is 15.7. The number of benzene rings is 2. The van der Waals surface area contributed by atoms with E-state index in [0.717, 1.165) is 5.56 Å². The lowest BCUT2D eigenvalue weighted by atomic mass is 10.1. The van der Waals surface area contributed by atoms with E-state index in [1.807, 2.05) is 30.3 Å². The first-order chi connectivity index (χ1) is 11.7. The second-order valence-electron chi connectivity index (χ2n) is 5.25. The van der Waals surface area contributed by atoms with Crippen molar-refractivity contribution in [1.82, 2.24) is 25.5 Å². The summed E-state index contributed by atoms with van der Waals surface area (Å²) in [4.78, 5) is 12.0. The maximum Gasteiger partial charge on any atom is 0.220 e. The van der Waals surface area contributed by atoms with Crippen LogP contribution in [0, 0.1) is 5.82 Å². The van der Waals surface area contributed by atoms with Gasteiger partial charge in [0.15, 0.2) is 5.82 Å². The molecule has 7 heteroatoms. The molecule has 0 saturated carbocycles. The van der Waals surface area contributed by atoms with E-state index in [-0.39, 0.29) is 18.3 Å². The summed E-state index contributed by atoms with van der Waals surface area (Å²) in [5.74, 6) is -0.0258. The lowest BCUT2D eigenvalue weighted by molar-refractivity contribution is -0.121. The summed E-state index contributed by atoms with van der Waals surface area (Å²) in [6.07, 6.45) is 1.05. The van der Waals surface area contributed by atoms with Gasteiger partial charge in [-0.15, -0.1) is 5.10 Å². The minimum Gasteiger partial charge on any atom is -0.349 e. The molecular weight excluding hydrogens is 309 g/mol. The van der Waals surface area contributed by atoms with Crippen molar-refractivity contribution in [2.24, 2.45) is 0 Å².